The van der Waals surface area contributed by atoms with Gasteiger partial charge in [-0.15, -0.1) is 0 Å². The summed E-state index contributed by atoms with van der Waals surface area (Å²) in [6.07, 6.45) is 1.20. The molecule has 104 valence electrons. The highest BCUT2D eigenvalue weighted by molar-refractivity contribution is 6.21. The molecule has 7 heteroatoms. The molecule has 3 rings (SSSR count). The fourth-order valence-corrected chi connectivity index (χ4v) is 1.95. The van der Waals surface area contributed by atoms with Crippen LogP contribution < -0.4 is 0 Å². The van der Waals surface area contributed by atoms with Crippen molar-refractivity contribution in [1.82, 2.24) is 15.0 Å². The molecule has 0 saturated heterocycles. The Morgan fingerprint density at radius 2 is 1.71 bits per heavy atom. The van der Waals surface area contributed by atoms with Crippen molar-refractivity contribution in [2.24, 2.45) is 0 Å². The fraction of sp³-hybridized carbons (Fsp3) is 0.0714. The largest absolute Gasteiger partial charge is 0.382 e. The Bertz CT molecular complexity index is 737. The minimum atomic E-state index is -0.894. The van der Waals surface area contributed by atoms with Gasteiger partial charge in [-0.1, -0.05) is 17.2 Å². The minimum absolute atomic E-state index is 0.0287. The number of amides is 2. The standard InChI is InChI=1S/C14H9N3O4/c1-8-6-11(16-7-15-8)14(20)21-17-12(18)9-4-2-3-5-10(9)13(17)19/h2-7H,1H3. The molecule has 1 aliphatic heterocycles. The number of carbonyl (C=O) groups is 3. The maximum absolute atomic E-state index is 12.0. The van der Waals surface area contributed by atoms with Crippen molar-refractivity contribution in [3.8, 4) is 0 Å². The molecule has 0 atom stereocenters. The van der Waals surface area contributed by atoms with Gasteiger partial charge < -0.3 is 4.84 Å². The molecule has 2 aromatic rings. The van der Waals surface area contributed by atoms with Gasteiger partial charge >= 0.3 is 5.97 Å². The highest BCUT2D eigenvalue weighted by Gasteiger charge is 2.38. The van der Waals surface area contributed by atoms with Gasteiger partial charge in [-0.25, -0.2) is 14.8 Å². The highest BCUT2D eigenvalue weighted by atomic mass is 16.7. The molecule has 0 N–H and O–H groups in total. The first-order valence-electron chi connectivity index (χ1n) is 6.06. The van der Waals surface area contributed by atoms with Crippen molar-refractivity contribution >= 4 is 17.8 Å². The number of aromatic nitrogens is 2. The van der Waals surface area contributed by atoms with Crippen LogP contribution in [0.2, 0.25) is 0 Å². The number of carbonyl (C=O) groups excluding carboxylic acids is 3. The van der Waals surface area contributed by atoms with E-state index in [0.717, 1.165) is 0 Å². The van der Waals surface area contributed by atoms with Gasteiger partial charge in [0.25, 0.3) is 11.8 Å². The second-order valence-electron chi connectivity index (χ2n) is 4.37. The molecular formula is C14H9N3O4. The van der Waals surface area contributed by atoms with Crippen molar-refractivity contribution in [1.29, 1.82) is 0 Å². The van der Waals surface area contributed by atoms with Crippen molar-refractivity contribution in [3.63, 3.8) is 0 Å². The Morgan fingerprint density at radius 3 is 2.29 bits per heavy atom. The van der Waals surface area contributed by atoms with E-state index in [1.165, 1.54) is 24.5 Å². The summed E-state index contributed by atoms with van der Waals surface area (Å²) in [6, 6.07) is 7.66. The molecule has 1 aliphatic rings. The summed E-state index contributed by atoms with van der Waals surface area (Å²) in [6.45, 7) is 1.68. The van der Waals surface area contributed by atoms with Crippen LogP contribution in [-0.4, -0.2) is 32.8 Å². The molecule has 21 heavy (non-hydrogen) atoms. The van der Waals surface area contributed by atoms with Gasteiger partial charge in [0.2, 0.25) is 0 Å². The lowest BCUT2D eigenvalue weighted by molar-refractivity contribution is -0.0588. The smallest absolute Gasteiger partial charge is 0.323 e. The molecule has 0 bridgehead atoms. The molecule has 1 aromatic carbocycles. The predicted octanol–water partition coefficient (Wildman–Crippen LogP) is 1.15. The first-order valence-corrected chi connectivity index (χ1v) is 6.06. The third-order valence-electron chi connectivity index (χ3n) is 2.94. The van der Waals surface area contributed by atoms with Crippen LogP contribution in [0.15, 0.2) is 36.7 Å². The lowest BCUT2D eigenvalue weighted by Crippen LogP contribution is -2.33. The first-order chi connectivity index (χ1) is 10.1. The van der Waals surface area contributed by atoms with Gasteiger partial charge in [0.1, 0.15) is 6.33 Å². The van der Waals surface area contributed by atoms with E-state index < -0.39 is 17.8 Å². The number of aryl methyl sites for hydroxylation is 1. The van der Waals surface area contributed by atoms with Crippen molar-refractivity contribution in [3.05, 3.63) is 59.2 Å². The number of hydroxylamine groups is 2. The Labute approximate surface area is 119 Å². The van der Waals surface area contributed by atoms with Crippen LogP contribution in [0.3, 0.4) is 0 Å². The summed E-state index contributed by atoms with van der Waals surface area (Å²) in [4.78, 5) is 48.5. The van der Waals surface area contributed by atoms with Gasteiger partial charge in [0.15, 0.2) is 5.69 Å². The van der Waals surface area contributed by atoms with Crippen LogP contribution in [0.25, 0.3) is 0 Å². The Balaban J connectivity index is 1.85. The van der Waals surface area contributed by atoms with Gasteiger partial charge in [-0.3, -0.25) is 9.59 Å². The van der Waals surface area contributed by atoms with E-state index in [2.05, 4.69) is 9.97 Å². The van der Waals surface area contributed by atoms with Crippen LogP contribution in [0.5, 0.6) is 0 Å². The van der Waals surface area contributed by atoms with Crippen molar-refractivity contribution < 1.29 is 19.2 Å². The Morgan fingerprint density at radius 1 is 1.10 bits per heavy atom. The van der Waals surface area contributed by atoms with Crippen LogP contribution in [0, 0.1) is 6.92 Å². The summed E-state index contributed by atoms with van der Waals surface area (Å²) in [5, 5.41) is 0.449. The monoisotopic (exact) mass is 283 g/mol. The van der Waals surface area contributed by atoms with Crippen molar-refractivity contribution in [2.75, 3.05) is 0 Å². The first kappa shape index (κ1) is 12.9. The topological polar surface area (TPSA) is 89.5 Å². The van der Waals surface area contributed by atoms with Gasteiger partial charge in [-0.05, 0) is 25.1 Å². The van der Waals surface area contributed by atoms with Gasteiger partial charge in [0, 0.05) is 5.69 Å². The number of fused-ring (bicyclic) bond motifs is 1. The van der Waals surface area contributed by atoms with Gasteiger partial charge in [-0.2, -0.15) is 0 Å². The van der Waals surface area contributed by atoms with E-state index in [9.17, 15) is 14.4 Å². The second kappa shape index (κ2) is 4.78. The zero-order chi connectivity index (χ0) is 15.0. The zero-order valence-electron chi connectivity index (χ0n) is 10.9. The lowest BCUT2D eigenvalue weighted by atomic mass is 10.1. The maximum atomic E-state index is 12.0. The van der Waals surface area contributed by atoms with Crippen LogP contribution in [-0.2, 0) is 4.84 Å². The Kier molecular flexibility index (Phi) is 2.94. The molecule has 0 radical (unpaired) electrons. The van der Waals surface area contributed by atoms with E-state index in [1.54, 1.807) is 19.1 Å². The average molecular weight is 283 g/mol. The van der Waals surface area contributed by atoms with Crippen LogP contribution in [0.4, 0.5) is 0 Å². The van der Waals surface area contributed by atoms with E-state index in [0.29, 0.717) is 10.8 Å². The highest BCUT2D eigenvalue weighted by Crippen LogP contribution is 2.23. The average Bonchev–Trinajstić information content (AvgIpc) is 2.73. The normalized spacial score (nSPS) is 13.3. The molecule has 0 unspecified atom stereocenters. The number of benzene rings is 1. The summed E-state index contributed by atoms with van der Waals surface area (Å²) in [5.74, 6) is -2.24. The predicted molar refractivity (Wildman–Crippen MR) is 69.1 cm³/mol. The number of rotatable bonds is 2. The number of hydrogen-bond donors (Lipinski definition) is 0. The number of nitrogens with zero attached hydrogens (tertiary/aromatic N) is 3. The molecule has 7 nitrogen and oxygen atoms in total. The maximum Gasteiger partial charge on any atom is 0.382 e. The quantitative estimate of drug-likeness (QED) is 0.768. The number of hydrogen-bond acceptors (Lipinski definition) is 6. The summed E-state index contributed by atoms with van der Waals surface area (Å²) in [5.41, 5.74) is 0.946. The lowest BCUT2D eigenvalue weighted by Gasteiger charge is -2.12. The molecule has 0 saturated carbocycles. The molecule has 0 aliphatic carbocycles. The molecule has 2 heterocycles. The molecule has 1 aromatic heterocycles. The molecule has 2 amide bonds. The SMILES string of the molecule is Cc1cc(C(=O)ON2C(=O)c3ccccc3C2=O)ncn1. The van der Waals surface area contributed by atoms with E-state index >= 15 is 0 Å². The van der Waals surface area contributed by atoms with E-state index in [4.69, 9.17) is 4.84 Å². The number of imide groups is 1. The second-order valence-corrected chi connectivity index (χ2v) is 4.37. The Hall–Kier alpha value is -3.09. The van der Waals surface area contributed by atoms with E-state index in [1.807, 2.05) is 0 Å². The third kappa shape index (κ3) is 2.14. The minimum Gasteiger partial charge on any atom is -0.323 e. The molecular weight excluding hydrogens is 274 g/mol. The van der Waals surface area contributed by atoms with Crippen LogP contribution in [0.1, 0.15) is 36.9 Å². The summed E-state index contributed by atoms with van der Waals surface area (Å²) < 4.78 is 0. The molecule has 0 fully saturated rings. The molecule has 0 spiro atoms. The van der Waals surface area contributed by atoms with Crippen LogP contribution >= 0.6 is 0 Å². The van der Waals surface area contributed by atoms with Crippen molar-refractivity contribution in [2.45, 2.75) is 6.92 Å². The third-order valence-corrected chi connectivity index (χ3v) is 2.94. The zero-order valence-corrected chi connectivity index (χ0v) is 10.9. The summed E-state index contributed by atoms with van der Waals surface area (Å²) in [7, 11) is 0. The van der Waals surface area contributed by atoms with Gasteiger partial charge in [0.05, 0.1) is 11.1 Å². The van der Waals surface area contributed by atoms with E-state index in [-0.39, 0.29) is 16.8 Å². The summed E-state index contributed by atoms with van der Waals surface area (Å²) >= 11 is 0. The fourth-order valence-electron chi connectivity index (χ4n) is 1.95.